The summed E-state index contributed by atoms with van der Waals surface area (Å²) in [6.45, 7) is 2.11. The zero-order valence-electron chi connectivity index (χ0n) is 13.9. The molecule has 2 heterocycles. The molecule has 5 rings (SSSR count). The van der Waals surface area contributed by atoms with Gasteiger partial charge in [-0.15, -0.1) is 0 Å². The van der Waals surface area contributed by atoms with E-state index < -0.39 is 5.60 Å². The number of methoxy groups -OCH3 is 1. The Kier molecular flexibility index (Phi) is 2.90. The highest BCUT2D eigenvalue weighted by Crippen LogP contribution is 2.30. The van der Waals surface area contributed by atoms with Crippen molar-refractivity contribution in [3.8, 4) is 0 Å². The van der Waals surface area contributed by atoms with Crippen LogP contribution in [0.15, 0.2) is 30.2 Å². The molecule has 3 aliphatic rings. The first-order chi connectivity index (χ1) is 12.1. The molecule has 1 fully saturated rings. The van der Waals surface area contributed by atoms with Gasteiger partial charge in [-0.25, -0.2) is 0 Å². The lowest BCUT2D eigenvalue weighted by Gasteiger charge is -2.27. The van der Waals surface area contributed by atoms with Gasteiger partial charge in [-0.2, -0.15) is 0 Å². The third-order valence-electron chi connectivity index (χ3n) is 5.24. The number of hydrogen-bond acceptors (Lipinski definition) is 5. The number of rotatable bonds is 1. The van der Waals surface area contributed by atoms with Gasteiger partial charge in [0.25, 0.3) is 0 Å². The molecule has 0 saturated carbocycles. The van der Waals surface area contributed by atoms with Crippen LogP contribution in [0.2, 0.25) is 0 Å². The molecule has 1 aromatic heterocycles. The van der Waals surface area contributed by atoms with E-state index in [0.29, 0.717) is 5.22 Å². The number of pyridine rings is 1. The third-order valence-corrected chi connectivity index (χ3v) is 5.24. The molecule has 1 aliphatic heterocycles. The number of nitrogens with zero attached hydrogens (tertiary/aromatic N) is 1. The number of hydrogen-bond donors (Lipinski definition) is 1. The summed E-state index contributed by atoms with van der Waals surface area (Å²) in [5, 5.41) is 13.4. The molecule has 0 spiro atoms. The molecule has 0 radical (unpaired) electrons. The molecule has 0 amide bonds. The standard InChI is InChI=1S/C20H17NO4/c1-20(23-2)6-5-12-13-4-3-11-7-16-17(25-10-24-16)8-14(11)18(13)21-9-15(12)19(20)22/h3-9,16,22H,10H2,1-2H3. The van der Waals surface area contributed by atoms with Crippen molar-refractivity contribution in [2.75, 3.05) is 13.9 Å². The minimum Gasteiger partial charge on any atom is -0.508 e. The van der Waals surface area contributed by atoms with Crippen LogP contribution in [0.5, 0.6) is 0 Å². The Labute approximate surface area is 144 Å². The van der Waals surface area contributed by atoms with Gasteiger partial charge in [0, 0.05) is 29.5 Å². The molecule has 5 nitrogen and oxygen atoms in total. The molecule has 2 aliphatic carbocycles. The Morgan fingerprint density at radius 3 is 3.04 bits per heavy atom. The van der Waals surface area contributed by atoms with Crippen LogP contribution in [0, 0.1) is 0 Å². The lowest BCUT2D eigenvalue weighted by molar-refractivity contribution is 0.0668. The highest BCUT2D eigenvalue weighted by atomic mass is 16.7. The normalized spacial score (nSPS) is 26.4. The van der Waals surface area contributed by atoms with Gasteiger partial charge in [-0.05, 0) is 35.9 Å². The van der Waals surface area contributed by atoms with Gasteiger partial charge >= 0.3 is 0 Å². The summed E-state index contributed by atoms with van der Waals surface area (Å²) in [6.07, 6.45) is 9.53. The maximum atomic E-state index is 10.6. The molecule has 5 heteroatoms. The van der Waals surface area contributed by atoms with Crippen molar-refractivity contribution in [2.24, 2.45) is 0 Å². The first-order valence-electron chi connectivity index (χ1n) is 8.18. The fourth-order valence-electron chi connectivity index (χ4n) is 3.64. The number of ether oxygens (including phenoxy) is 3. The number of aliphatic hydroxyl groups excluding tert-OH is 1. The SMILES string of the molecule is COC1(C)C=Cc2c(cnc3c4c(ccc23)=CC2OCOC2=C4)=C1O. The Morgan fingerprint density at radius 1 is 1.32 bits per heavy atom. The Bertz CT molecular complexity index is 1100. The average molecular weight is 335 g/mol. The van der Waals surface area contributed by atoms with Crippen molar-refractivity contribution in [1.29, 1.82) is 0 Å². The highest BCUT2D eigenvalue weighted by Gasteiger charge is 2.30. The minimum atomic E-state index is -0.825. The van der Waals surface area contributed by atoms with Crippen molar-refractivity contribution >= 4 is 34.9 Å². The Morgan fingerprint density at radius 2 is 2.20 bits per heavy atom. The molecular weight excluding hydrogens is 318 g/mol. The summed E-state index contributed by atoms with van der Waals surface area (Å²) < 4.78 is 16.5. The summed E-state index contributed by atoms with van der Waals surface area (Å²) in [7, 11) is 1.58. The first-order valence-corrected chi connectivity index (χ1v) is 8.18. The quantitative estimate of drug-likeness (QED) is 0.862. The lowest BCUT2D eigenvalue weighted by atomic mass is 9.90. The van der Waals surface area contributed by atoms with E-state index in [4.69, 9.17) is 14.2 Å². The summed E-state index contributed by atoms with van der Waals surface area (Å²) in [6, 6.07) is 4.10. The largest absolute Gasteiger partial charge is 0.508 e. The zero-order chi connectivity index (χ0) is 17.2. The second-order valence-electron chi connectivity index (χ2n) is 6.61. The molecular formula is C20H17NO4. The first kappa shape index (κ1) is 14.7. The van der Waals surface area contributed by atoms with E-state index in [9.17, 15) is 5.11 Å². The fourth-order valence-corrected chi connectivity index (χ4v) is 3.64. The Balaban J connectivity index is 1.84. The average Bonchev–Trinajstić information content (AvgIpc) is 3.09. The maximum absolute atomic E-state index is 10.6. The number of aliphatic hydroxyl groups is 1. The summed E-state index contributed by atoms with van der Waals surface area (Å²) in [5.41, 5.74) is 2.02. The predicted molar refractivity (Wildman–Crippen MR) is 94.7 cm³/mol. The van der Waals surface area contributed by atoms with E-state index >= 15 is 0 Å². The van der Waals surface area contributed by atoms with Crippen molar-refractivity contribution in [3.63, 3.8) is 0 Å². The van der Waals surface area contributed by atoms with Crippen LogP contribution in [0.1, 0.15) is 18.1 Å². The zero-order valence-corrected chi connectivity index (χ0v) is 13.9. The van der Waals surface area contributed by atoms with Crippen molar-refractivity contribution in [3.05, 3.63) is 51.7 Å². The minimum absolute atomic E-state index is 0.109. The predicted octanol–water partition coefficient (Wildman–Crippen LogP) is 1.84. The second-order valence-corrected chi connectivity index (χ2v) is 6.61. The smallest absolute Gasteiger partial charge is 0.189 e. The van der Waals surface area contributed by atoms with Gasteiger partial charge in [0.15, 0.2) is 6.79 Å². The maximum Gasteiger partial charge on any atom is 0.189 e. The van der Waals surface area contributed by atoms with Crippen LogP contribution in [-0.2, 0) is 14.2 Å². The third kappa shape index (κ3) is 1.94. The van der Waals surface area contributed by atoms with Gasteiger partial charge < -0.3 is 19.3 Å². The summed E-state index contributed by atoms with van der Waals surface area (Å²) in [5.74, 6) is 0.994. The summed E-state index contributed by atoms with van der Waals surface area (Å²) >= 11 is 0. The molecule has 2 atom stereocenters. The van der Waals surface area contributed by atoms with Crippen LogP contribution in [0.3, 0.4) is 0 Å². The van der Waals surface area contributed by atoms with Crippen LogP contribution in [-0.4, -0.2) is 35.7 Å². The fraction of sp³-hybridized carbons (Fsp3) is 0.250. The van der Waals surface area contributed by atoms with Crippen molar-refractivity contribution < 1.29 is 19.3 Å². The van der Waals surface area contributed by atoms with Crippen molar-refractivity contribution in [2.45, 2.75) is 18.6 Å². The molecule has 1 saturated heterocycles. The van der Waals surface area contributed by atoms with E-state index in [1.165, 1.54) is 0 Å². The molecule has 2 aromatic rings. The molecule has 0 bridgehead atoms. The highest BCUT2D eigenvalue weighted by molar-refractivity contribution is 5.95. The van der Waals surface area contributed by atoms with Crippen molar-refractivity contribution in [1.82, 2.24) is 4.98 Å². The van der Waals surface area contributed by atoms with Gasteiger partial charge in [-0.3, -0.25) is 4.98 Å². The van der Waals surface area contributed by atoms with Gasteiger partial charge in [-0.1, -0.05) is 18.2 Å². The van der Waals surface area contributed by atoms with Gasteiger partial charge in [0.05, 0.1) is 5.52 Å². The second kappa shape index (κ2) is 4.94. The van der Waals surface area contributed by atoms with Crippen LogP contribution in [0.25, 0.3) is 34.9 Å². The van der Waals surface area contributed by atoms with Crippen LogP contribution >= 0.6 is 0 Å². The monoisotopic (exact) mass is 335 g/mol. The van der Waals surface area contributed by atoms with Gasteiger partial charge in [0.2, 0.25) is 0 Å². The number of fused-ring (bicyclic) bond motifs is 6. The molecule has 2 unspecified atom stereocenters. The van der Waals surface area contributed by atoms with E-state index in [-0.39, 0.29) is 18.7 Å². The number of benzene rings is 1. The topological polar surface area (TPSA) is 60.8 Å². The Hall–Kier alpha value is -2.63. The van der Waals surface area contributed by atoms with Crippen LogP contribution < -0.4 is 10.4 Å². The summed E-state index contributed by atoms with van der Waals surface area (Å²) in [4.78, 5) is 4.64. The van der Waals surface area contributed by atoms with E-state index in [1.54, 1.807) is 13.3 Å². The molecule has 1 aromatic carbocycles. The molecule has 1 N–H and O–H groups in total. The van der Waals surface area contributed by atoms with E-state index in [1.807, 2.05) is 31.2 Å². The van der Waals surface area contributed by atoms with E-state index in [2.05, 4.69) is 17.1 Å². The van der Waals surface area contributed by atoms with Crippen LogP contribution in [0.4, 0.5) is 0 Å². The van der Waals surface area contributed by atoms with Gasteiger partial charge in [0.1, 0.15) is 23.2 Å². The number of aromatic nitrogens is 1. The molecule has 25 heavy (non-hydrogen) atoms. The molecule has 126 valence electrons. The van der Waals surface area contributed by atoms with E-state index in [0.717, 1.165) is 33.0 Å². The lowest BCUT2D eigenvalue weighted by Crippen LogP contribution is -2.34.